The van der Waals surface area contributed by atoms with Gasteiger partial charge in [0, 0.05) is 9.64 Å². The van der Waals surface area contributed by atoms with Crippen LogP contribution in [0.15, 0.2) is 12.1 Å². The quantitative estimate of drug-likeness (QED) is 0.476. The molecule has 0 aliphatic carbocycles. The fraction of sp³-hybridized carbons (Fsp3) is 0.222. The van der Waals surface area contributed by atoms with E-state index in [1.54, 1.807) is 13.0 Å². The standard InChI is InChI=1S/C9H9FIN3O2S/c1-2-16-9(15)14-8(17)13-7-4-5(11)3-6(10)12-7/h3-4H,2H2,1H3,(H2,12,13,14,15,17). The van der Waals surface area contributed by atoms with Crippen LogP contribution >= 0.6 is 34.8 Å². The second kappa shape index (κ2) is 6.64. The number of halogens is 2. The Kier molecular flexibility index (Phi) is 5.48. The van der Waals surface area contributed by atoms with Crippen molar-refractivity contribution in [1.29, 1.82) is 0 Å². The second-order valence-electron chi connectivity index (χ2n) is 2.79. The van der Waals surface area contributed by atoms with Gasteiger partial charge in [-0.3, -0.25) is 5.32 Å². The number of nitrogens with one attached hydrogen (secondary N) is 2. The first kappa shape index (κ1) is 14.0. The Morgan fingerprint density at radius 3 is 2.94 bits per heavy atom. The molecule has 0 saturated carbocycles. The van der Waals surface area contributed by atoms with Gasteiger partial charge in [-0.2, -0.15) is 4.39 Å². The van der Waals surface area contributed by atoms with E-state index >= 15 is 0 Å². The molecule has 17 heavy (non-hydrogen) atoms. The lowest BCUT2D eigenvalue weighted by atomic mass is 10.4. The van der Waals surface area contributed by atoms with E-state index in [4.69, 9.17) is 12.2 Å². The Balaban J connectivity index is 2.59. The summed E-state index contributed by atoms with van der Waals surface area (Å²) >= 11 is 6.77. The minimum atomic E-state index is -0.670. The summed E-state index contributed by atoms with van der Waals surface area (Å²) in [7, 11) is 0. The maximum Gasteiger partial charge on any atom is 0.413 e. The highest BCUT2D eigenvalue weighted by Crippen LogP contribution is 2.11. The van der Waals surface area contributed by atoms with E-state index in [1.165, 1.54) is 6.07 Å². The van der Waals surface area contributed by atoms with Gasteiger partial charge in [0.25, 0.3) is 0 Å². The molecule has 92 valence electrons. The Labute approximate surface area is 116 Å². The molecule has 0 saturated heterocycles. The van der Waals surface area contributed by atoms with E-state index in [-0.39, 0.29) is 17.5 Å². The molecule has 0 atom stereocenters. The zero-order valence-corrected chi connectivity index (χ0v) is 11.8. The lowest BCUT2D eigenvalue weighted by Crippen LogP contribution is -2.34. The Hall–Kier alpha value is -1.03. The van der Waals surface area contributed by atoms with Crippen LogP contribution in [0.1, 0.15) is 6.92 Å². The molecule has 1 aromatic rings. The van der Waals surface area contributed by atoms with Crippen molar-refractivity contribution >= 4 is 51.8 Å². The predicted octanol–water partition coefficient (Wildman–Crippen LogP) is 2.27. The van der Waals surface area contributed by atoms with E-state index in [9.17, 15) is 9.18 Å². The number of alkyl carbamates (subject to hydrolysis) is 1. The molecule has 8 heteroatoms. The van der Waals surface area contributed by atoms with E-state index in [1.807, 2.05) is 22.6 Å². The normalized spacial score (nSPS) is 9.59. The van der Waals surface area contributed by atoms with Gasteiger partial charge in [-0.1, -0.05) is 0 Å². The molecule has 1 aromatic heterocycles. The number of hydrogen-bond donors (Lipinski definition) is 2. The summed E-state index contributed by atoms with van der Waals surface area (Å²) in [6, 6.07) is 2.86. The molecular formula is C9H9FIN3O2S. The molecule has 5 nitrogen and oxygen atoms in total. The average molecular weight is 369 g/mol. The minimum absolute atomic E-state index is 0.00245. The van der Waals surface area contributed by atoms with Crippen molar-refractivity contribution < 1.29 is 13.9 Å². The first-order chi connectivity index (χ1) is 8.01. The highest BCUT2D eigenvalue weighted by molar-refractivity contribution is 14.1. The van der Waals surface area contributed by atoms with Gasteiger partial charge in [0.05, 0.1) is 6.61 Å². The number of pyridine rings is 1. The van der Waals surface area contributed by atoms with Gasteiger partial charge in [-0.25, -0.2) is 9.78 Å². The number of ether oxygens (including phenoxy) is 1. The summed E-state index contributed by atoms with van der Waals surface area (Å²) in [6.07, 6.45) is -0.670. The van der Waals surface area contributed by atoms with Gasteiger partial charge < -0.3 is 10.1 Å². The maximum atomic E-state index is 13.0. The predicted molar refractivity (Wildman–Crippen MR) is 73.3 cm³/mol. The fourth-order valence-electron chi connectivity index (χ4n) is 0.937. The molecule has 0 aromatic carbocycles. The smallest absolute Gasteiger partial charge is 0.413 e. The number of hydrogen-bond acceptors (Lipinski definition) is 4. The minimum Gasteiger partial charge on any atom is -0.450 e. The van der Waals surface area contributed by atoms with E-state index < -0.39 is 12.0 Å². The van der Waals surface area contributed by atoms with Crippen LogP contribution in [0.4, 0.5) is 15.0 Å². The lowest BCUT2D eigenvalue weighted by molar-refractivity contribution is 0.158. The summed E-state index contributed by atoms with van der Waals surface area (Å²) in [5.41, 5.74) is 0. The van der Waals surface area contributed by atoms with Crippen LogP contribution in [0.25, 0.3) is 0 Å². The Morgan fingerprint density at radius 2 is 2.35 bits per heavy atom. The highest BCUT2D eigenvalue weighted by atomic mass is 127. The van der Waals surface area contributed by atoms with Crippen LogP contribution in [-0.4, -0.2) is 22.8 Å². The van der Waals surface area contributed by atoms with Crippen LogP contribution in [0, 0.1) is 9.52 Å². The van der Waals surface area contributed by atoms with Crippen molar-refractivity contribution in [2.75, 3.05) is 11.9 Å². The Bertz CT molecular complexity index is 424. The van der Waals surface area contributed by atoms with Crippen molar-refractivity contribution in [2.45, 2.75) is 6.92 Å². The molecule has 0 unspecified atom stereocenters. The SMILES string of the molecule is CCOC(=O)NC(=S)Nc1cc(I)cc(F)n1. The average Bonchev–Trinajstić information content (AvgIpc) is 2.14. The third-order valence-corrected chi connectivity index (χ3v) is 2.32. The Morgan fingerprint density at radius 1 is 1.65 bits per heavy atom. The monoisotopic (exact) mass is 369 g/mol. The molecule has 0 spiro atoms. The summed E-state index contributed by atoms with van der Waals surface area (Å²) in [5, 5.41) is 4.84. The maximum absolute atomic E-state index is 13.0. The topological polar surface area (TPSA) is 63.2 Å². The van der Waals surface area contributed by atoms with Crippen molar-refractivity contribution in [3.8, 4) is 0 Å². The molecule has 1 amide bonds. The number of nitrogens with zero attached hydrogens (tertiary/aromatic N) is 1. The van der Waals surface area contributed by atoms with E-state index in [0.29, 0.717) is 3.57 Å². The van der Waals surface area contributed by atoms with Crippen LogP contribution in [-0.2, 0) is 4.74 Å². The van der Waals surface area contributed by atoms with Gasteiger partial charge in [-0.05, 0) is 47.8 Å². The van der Waals surface area contributed by atoms with Crippen LogP contribution in [0.2, 0.25) is 0 Å². The highest BCUT2D eigenvalue weighted by Gasteiger charge is 2.06. The number of carbonyl (C=O) groups is 1. The van der Waals surface area contributed by atoms with Crippen molar-refractivity contribution in [1.82, 2.24) is 10.3 Å². The van der Waals surface area contributed by atoms with Gasteiger partial charge >= 0.3 is 6.09 Å². The molecule has 2 N–H and O–H groups in total. The third-order valence-electron chi connectivity index (χ3n) is 1.49. The molecule has 1 rings (SSSR count). The van der Waals surface area contributed by atoms with Crippen molar-refractivity contribution in [3.05, 3.63) is 21.7 Å². The van der Waals surface area contributed by atoms with Gasteiger partial charge in [-0.15, -0.1) is 0 Å². The summed E-state index contributed by atoms with van der Waals surface area (Å²) < 4.78 is 18.2. The largest absolute Gasteiger partial charge is 0.450 e. The number of carbonyl (C=O) groups excluding carboxylic acids is 1. The molecule has 0 bridgehead atoms. The zero-order chi connectivity index (χ0) is 12.8. The van der Waals surface area contributed by atoms with Crippen molar-refractivity contribution in [2.24, 2.45) is 0 Å². The van der Waals surface area contributed by atoms with Gasteiger partial charge in [0.15, 0.2) is 5.11 Å². The third kappa shape index (κ3) is 5.22. The molecule has 0 aliphatic rings. The summed E-state index contributed by atoms with van der Waals surface area (Å²) in [6.45, 7) is 1.91. The number of aromatic nitrogens is 1. The van der Waals surface area contributed by atoms with Gasteiger partial charge in [0.1, 0.15) is 5.82 Å². The number of thiocarbonyl (C=S) groups is 1. The van der Waals surface area contributed by atoms with Crippen LogP contribution in [0.3, 0.4) is 0 Å². The molecular weight excluding hydrogens is 360 g/mol. The first-order valence-corrected chi connectivity index (χ1v) is 6.08. The molecule has 1 heterocycles. The van der Waals surface area contributed by atoms with E-state index in [2.05, 4.69) is 20.4 Å². The van der Waals surface area contributed by atoms with Crippen LogP contribution < -0.4 is 10.6 Å². The van der Waals surface area contributed by atoms with Gasteiger partial charge in [0.2, 0.25) is 5.95 Å². The van der Waals surface area contributed by atoms with E-state index in [0.717, 1.165) is 0 Å². The first-order valence-electron chi connectivity index (χ1n) is 4.59. The fourth-order valence-corrected chi connectivity index (χ4v) is 1.68. The number of amides is 1. The number of rotatable bonds is 2. The summed E-state index contributed by atoms with van der Waals surface area (Å²) in [4.78, 5) is 14.6. The van der Waals surface area contributed by atoms with Crippen LogP contribution in [0.5, 0.6) is 0 Å². The second-order valence-corrected chi connectivity index (χ2v) is 4.45. The molecule has 0 radical (unpaired) electrons. The summed E-state index contributed by atoms with van der Waals surface area (Å²) in [5.74, 6) is -0.408. The zero-order valence-electron chi connectivity index (χ0n) is 8.79. The molecule has 0 fully saturated rings. The van der Waals surface area contributed by atoms with Crippen molar-refractivity contribution in [3.63, 3.8) is 0 Å². The molecule has 0 aliphatic heterocycles. The number of anilines is 1. The lowest BCUT2D eigenvalue weighted by Gasteiger charge is -2.08.